The molecule has 2 aromatic heterocycles. The van der Waals surface area contributed by atoms with Gasteiger partial charge in [-0.3, -0.25) is 9.97 Å². The van der Waals surface area contributed by atoms with Gasteiger partial charge >= 0.3 is 0 Å². The van der Waals surface area contributed by atoms with Crippen LogP contribution in [0.3, 0.4) is 0 Å². The molecule has 0 saturated carbocycles. The second-order valence-corrected chi connectivity index (χ2v) is 3.72. The molecule has 0 amide bonds. The third-order valence-corrected chi connectivity index (χ3v) is 2.88. The van der Waals surface area contributed by atoms with E-state index in [1.165, 1.54) is 22.3 Å². The number of fused-ring (bicyclic) bond motifs is 3. The summed E-state index contributed by atoms with van der Waals surface area (Å²) in [4.78, 5) is 8.46. The standard InChI is InChI=1S/C13H10N2/c1-8-10-3-5-14-7-12(10)11-4-6-15-9(2)13(8)11/h3-7H,1H2,2H3. The number of pyridine rings is 2. The van der Waals surface area contributed by atoms with Gasteiger partial charge in [0.2, 0.25) is 0 Å². The Bertz CT molecular complexity index is 570. The topological polar surface area (TPSA) is 25.8 Å². The molecular weight excluding hydrogens is 184 g/mol. The second-order valence-electron chi connectivity index (χ2n) is 3.72. The van der Waals surface area contributed by atoms with Crippen molar-refractivity contribution in [2.45, 2.75) is 6.92 Å². The van der Waals surface area contributed by atoms with E-state index >= 15 is 0 Å². The number of nitrogens with zero attached hydrogens (tertiary/aromatic N) is 2. The van der Waals surface area contributed by atoms with E-state index < -0.39 is 0 Å². The predicted octanol–water partition coefficient (Wildman–Crippen LogP) is 2.83. The van der Waals surface area contributed by atoms with Crippen LogP contribution in [0.2, 0.25) is 0 Å². The monoisotopic (exact) mass is 194 g/mol. The Balaban J connectivity index is 2.43. The molecule has 0 aromatic carbocycles. The Kier molecular flexibility index (Phi) is 1.54. The van der Waals surface area contributed by atoms with Crippen molar-refractivity contribution >= 4 is 5.57 Å². The highest BCUT2D eigenvalue weighted by atomic mass is 14.7. The molecule has 2 heteroatoms. The molecule has 0 unspecified atom stereocenters. The van der Waals surface area contributed by atoms with Crippen molar-refractivity contribution in [3.63, 3.8) is 0 Å². The van der Waals surface area contributed by atoms with E-state index in [4.69, 9.17) is 0 Å². The van der Waals surface area contributed by atoms with Gasteiger partial charge in [-0.15, -0.1) is 0 Å². The minimum absolute atomic E-state index is 1.04. The fourth-order valence-electron chi connectivity index (χ4n) is 2.18. The lowest BCUT2D eigenvalue weighted by molar-refractivity contribution is 1.19. The van der Waals surface area contributed by atoms with Crippen LogP contribution in [0.4, 0.5) is 0 Å². The Labute approximate surface area is 88.3 Å². The fourth-order valence-corrected chi connectivity index (χ4v) is 2.18. The molecule has 0 spiro atoms. The van der Waals surface area contributed by atoms with Crippen LogP contribution in [0.25, 0.3) is 16.7 Å². The maximum atomic E-state index is 4.30. The zero-order chi connectivity index (χ0) is 10.4. The number of hydrogen-bond acceptors (Lipinski definition) is 2. The van der Waals surface area contributed by atoms with Crippen LogP contribution in [0.5, 0.6) is 0 Å². The molecule has 0 aliphatic heterocycles. The van der Waals surface area contributed by atoms with Gasteiger partial charge in [0.25, 0.3) is 0 Å². The predicted molar refractivity (Wildman–Crippen MR) is 60.3 cm³/mol. The van der Waals surface area contributed by atoms with Crippen molar-refractivity contribution in [3.8, 4) is 11.1 Å². The first-order chi connectivity index (χ1) is 7.29. The molecular formula is C13H10N2. The lowest BCUT2D eigenvalue weighted by Gasteiger charge is -2.02. The van der Waals surface area contributed by atoms with Gasteiger partial charge in [0.15, 0.2) is 0 Å². The molecule has 2 nitrogen and oxygen atoms in total. The molecule has 0 N–H and O–H groups in total. The van der Waals surface area contributed by atoms with Crippen molar-refractivity contribution in [2.75, 3.05) is 0 Å². The van der Waals surface area contributed by atoms with Gasteiger partial charge < -0.3 is 0 Å². The number of rotatable bonds is 0. The Morgan fingerprint density at radius 1 is 1.07 bits per heavy atom. The largest absolute Gasteiger partial charge is 0.264 e. The van der Waals surface area contributed by atoms with Gasteiger partial charge in [-0.25, -0.2) is 0 Å². The van der Waals surface area contributed by atoms with Crippen LogP contribution >= 0.6 is 0 Å². The summed E-state index contributed by atoms with van der Waals surface area (Å²) in [5.41, 5.74) is 6.82. The molecule has 3 rings (SSSR count). The van der Waals surface area contributed by atoms with E-state index in [1.807, 2.05) is 31.5 Å². The molecule has 1 aliphatic carbocycles. The molecule has 0 atom stereocenters. The maximum absolute atomic E-state index is 4.30. The molecule has 1 aliphatic rings. The molecule has 2 heterocycles. The Morgan fingerprint density at radius 3 is 2.73 bits per heavy atom. The highest BCUT2D eigenvalue weighted by Gasteiger charge is 2.23. The molecule has 0 radical (unpaired) electrons. The van der Waals surface area contributed by atoms with Crippen molar-refractivity contribution in [2.24, 2.45) is 0 Å². The summed E-state index contributed by atoms with van der Waals surface area (Å²) in [5.74, 6) is 0. The van der Waals surface area contributed by atoms with Crippen molar-refractivity contribution in [1.82, 2.24) is 9.97 Å². The quantitative estimate of drug-likeness (QED) is 0.550. The molecule has 72 valence electrons. The van der Waals surface area contributed by atoms with Gasteiger partial charge in [-0.1, -0.05) is 6.58 Å². The van der Waals surface area contributed by atoms with Gasteiger partial charge in [-0.05, 0) is 35.8 Å². The summed E-state index contributed by atoms with van der Waals surface area (Å²) in [6.45, 7) is 6.15. The molecule has 0 saturated heterocycles. The summed E-state index contributed by atoms with van der Waals surface area (Å²) >= 11 is 0. The zero-order valence-corrected chi connectivity index (χ0v) is 8.49. The lowest BCUT2D eigenvalue weighted by Crippen LogP contribution is -1.88. The maximum Gasteiger partial charge on any atom is 0.0457 e. The average molecular weight is 194 g/mol. The van der Waals surface area contributed by atoms with Crippen molar-refractivity contribution in [1.29, 1.82) is 0 Å². The van der Waals surface area contributed by atoms with E-state index in [0.29, 0.717) is 0 Å². The van der Waals surface area contributed by atoms with Gasteiger partial charge in [0.1, 0.15) is 0 Å². The number of aromatic nitrogens is 2. The minimum atomic E-state index is 1.04. The normalized spacial score (nSPS) is 12.5. The SMILES string of the molecule is C=C1c2ccncc2-c2ccnc(C)c21. The van der Waals surface area contributed by atoms with E-state index in [9.17, 15) is 0 Å². The van der Waals surface area contributed by atoms with Crippen molar-refractivity contribution < 1.29 is 0 Å². The summed E-state index contributed by atoms with van der Waals surface area (Å²) < 4.78 is 0. The summed E-state index contributed by atoms with van der Waals surface area (Å²) in [6, 6.07) is 4.04. The van der Waals surface area contributed by atoms with Crippen LogP contribution in [-0.4, -0.2) is 9.97 Å². The van der Waals surface area contributed by atoms with E-state index in [1.54, 1.807) is 6.20 Å². The van der Waals surface area contributed by atoms with Crippen LogP contribution in [0, 0.1) is 6.92 Å². The Morgan fingerprint density at radius 2 is 1.87 bits per heavy atom. The average Bonchev–Trinajstić information content (AvgIpc) is 2.55. The molecule has 0 bridgehead atoms. The van der Waals surface area contributed by atoms with Crippen molar-refractivity contribution in [3.05, 3.63) is 54.1 Å². The van der Waals surface area contributed by atoms with Gasteiger partial charge in [0.05, 0.1) is 0 Å². The van der Waals surface area contributed by atoms with E-state index in [0.717, 1.165) is 11.3 Å². The zero-order valence-electron chi connectivity index (χ0n) is 8.49. The summed E-state index contributed by atoms with van der Waals surface area (Å²) in [7, 11) is 0. The fraction of sp³-hybridized carbons (Fsp3) is 0.0769. The van der Waals surface area contributed by atoms with E-state index in [2.05, 4.69) is 16.5 Å². The van der Waals surface area contributed by atoms with Crippen LogP contribution in [0.1, 0.15) is 16.8 Å². The highest BCUT2D eigenvalue weighted by molar-refractivity contribution is 6.00. The third-order valence-electron chi connectivity index (χ3n) is 2.88. The smallest absolute Gasteiger partial charge is 0.0457 e. The summed E-state index contributed by atoms with van der Waals surface area (Å²) in [5, 5.41) is 0. The minimum Gasteiger partial charge on any atom is -0.264 e. The Hall–Kier alpha value is -1.96. The first-order valence-corrected chi connectivity index (χ1v) is 4.88. The lowest BCUT2D eigenvalue weighted by atomic mass is 10.1. The second kappa shape index (κ2) is 2.76. The third kappa shape index (κ3) is 0.988. The first kappa shape index (κ1) is 8.36. The summed E-state index contributed by atoms with van der Waals surface area (Å²) in [6.07, 6.45) is 5.54. The number of aryl methyl sites for hydroxylation is 1. The van der Waals surface area contributed by atoms with E-state index in [-0.39, 0.29) is 0 Å². The van der Waals surface area contributed by atoms with Gasteiger partial charge in [-0.2, -0.15) is 0 Å². The molecule has 0 fully saturated rings. The highest BCUT2D eigenvalue weighted by Crippen LogP contribution is 2.43. The number of hydrogen-bond donors (Lipinski definition) is 0. The van der Waals surface area contributed by atoms with Crippen LogP contribution in [0.15, 0.2) is 37.3 Å². The molecule has 2 aromatic rings. The molecule has 15 heavy (non-hydrogen) atoms. The van der Waals surface area contributed by atoms with Crippen LogP contribution in [-0.2, 0) is 0 Å². The van der Waals surface area contributed by atoms with Gasteiger partial charge in [0, 0.05) is 35.4 Å². The first-order valence-electron chi connectivity index (χ1n) is 4.88. The van der Waals surface area contributed by atoms with Crippen LogP contribution < -0.4 is 0 Å².